The second-order valence-corrected chi connectivity index (χ2v) is 16.9. The Bertz CT molecular complexity index is 3140. The van der Waals surface area contributed by atoms with Crippen LogP contribution >= 0.6 is 0 Å². The molecule has 0 saturated heterocycles. The maximum absolute atomic E-state index is 2.48. The molecule has 0 radical (unpaired) electrons. The van der Waals surface area contributed by atoms with Crippen molar-refractivity contribution >= 4 is 123 Å². The zero-order valence-corrected chi connectivity index (χ0v) is 34.0. The molecule has 0 saturated carbocycles. The minimum Gasteiger partial charge on any atom is -0.311 e. The topological polar surface area (TPSA) is 6.48 Å². The lowest BCUT2D eigenvalue weighted by Gasteiger charge is -2.38. The number of para-hydroxylation sites is 2. The van der Waals surface area contributed by atoms with E-state index in [-0.39, 0.29) is 13.4 Å². The lowest BCUT2D eigenvalue weighted by molar-refractivity contribution is 1.30. The number of fused-ring (bicyclic) bond motifs is 8. The Kier molecular flexibility index (Phi) is 7.83. The van der Waals surface area contributed by atoms with Gasteiger partial charge in [0.25, 0.3) is 0 Å². The van der Waals surface area contributed by atoms with Crippen LogP contribution in [0.5, 0.6) is 0 Å². The van der Waals surface area contributed by atoms with Gasteiger partial charge in [-0.15, -0.1) is 0 Å². The van der Waals surface area contributed by atoms with Crippen molar-refractivity contribution in [2.24, 2.45) is 0 Å². The van der Waals surface area contributed by atoms with E-state index in [1.54, 1.807) is 0 Å². The summed E-state index contributed by atoms with van der Waals surface area (Å²) >= 11 is 0. The van der Waals surface area contributed by atoms with Gasteiger partial charge in [-0.05, 0) is 113 Å². The van der Waals surface area contributed by atoms with Gasteiger partial charge < -0.3 is 9.80 Å². The van der Waals surface area contributed by atoms with Gasteiger partial charge >= 0.3 is 0 Å². The van der Waals surface area contributed by atoms with Crippen LogP contribution in [0.25, 0.3) is 43.1 Å². The molecule has 286 valence electrons. The predicted octanol–water partition coefficient (Wildman–Crippen LogP) is 10.9. The first-order valence-electron chi connectivity index (χ1n) is 21.6. The van der Waals surface area contributed by atoms with E-state index in [4.69, 9.17) is 0 Å². The fourth-order valence-electron chi connectivity index (χ4n) is 10.6. The summed E-state index contributed by atoms with van der Waals surface area (Å²) in [4.78, 5) is 4.97. The monoisotopic (exact) mass is 784 g/mol. The summed E-state index contributed by atoms with van der Waals surface area (Å²) < 4.78 is 0. The molecule has 13 rings (SSSR count). The van der Waals surface area contributed by atoms with Crippen LogP contribution in [0, 0.1) is 0 Å². The molecule has 2 aliphatic rings. The fourth-order valence-corrected chi connectivity index (χ4v) is 10.6. The van der Waals surface area contributed by atoms with E-state index >= 15 is 0 Å². The van der Waals surface area contributed by atoms with Crippen molar-refractivity contribution in [3.63, 3.8) is 0 Å². The predicted molar refractivity (Wildman–Crippen MR) is 268 cm³/mol. The highest BCUT2D eigenvalue weighted by Gasteiger charge is 2.38. The Labute approximate surface area is 362 Å². The van der Waals surface area contributed by atoms with E-state index in [1.165, 1.54) is 98.6 Å². The average molecular weight is 785 g/mol. The first-order valence-corrected chi connectivity index (χ1v) is 21.6. The zero-order valence-electron chi connectivity index (χ0n) is 34.0. The summed E-state index contributed by atoms with van der Waals surface area (Å²) in [6.07, 6.45) is 0. The van der Waals surface area contributed by atoms with Gasteiger partial charge in [0.05, 0.1) is 0 Å². The Morgan fingerprint density at radius 1 is 0.226 bits per heavy atom. The number of benzene rings is 11. The molecule has 2 nitrogen and oxygen atoms in total. The van der Waals surface area contributed by atoms with Crippen molar-refractivity contribution in [2.45, 2.75) is 0 Å². The van der Waals surface area contributed by atoms with Crippen molar-refractivity contribution < 1.29 is 0 Å². The number of anilines is 6. The van der Waals surface area contributed by atoms with E-state index in [0.29, 0.717) is 0 Å². The van der Waals surface area contributed by atoms with Crippen LogP contribution in [0.1, 0.15) is 0 Å². The summed E-state index contributed by atoms with van der Waals surface area (Å²) in [6, 6.07) is 86.0. The van der Waals surface area contributed by atoms with Crippen LogP contribution in [0.4, 0.5) is 34.1 Å². The molecule has 0 aromatic heterocycles. The first kappa shape index (κ1) is 35.0. The van der Waals surface area contributed by atoms with Gasteiger partial charge in [-0.25, -0.2) is 0 Å². The summed E-state index contributed by atoms with van der Waals surface area (Å²) in [6.45, 7) is 0.0474. The average Bonchev–Trinajstić information content (AvgIpc) is 3.33. The normalized spacial score (nSPS) is 13.0. The van der Waals surface area contributed by atoms with Crippen LogP contribution in [0.2, 0.25) is 0 Å². The fraction of sp³-hybridized carbons (Fsp3) is 0. The molecule has 0 aliphatic carbocycles. The molecular formula is C58H38B2N2. The van der Waals surface area contributed by atoms with Crippen molar-refractivity contribution in [3.8, 4) is 0 Å². The van der Waals surface area contributed by atoms with Gasteiger partial charge in [-0.1, -0.05) is 193 Å². The maximum atomic E-state index is 2.48. The summed E-state index contributed by atoms with van der Waals surface area (Å²) in [7, 11) is 0. The van der Waals surface area contributed by atoms with E-state index in [2.05, 4.69) is 240 Å². The summed E-state index contributed by atoms with van der Waals surface area (Å²) in [5.41, 5.74) is 15.0. The molecule has 11 aromatic rings. The molecule has 0 atom stereocenters. The molecular weight excluding hydrogens is 746 g/mol. The molecule has 2 heterocycles. The van der Waals surface area contributed by atoms with E-state index in [1.807, 2.05) is 0 Å². The minimum absolute atomic E-state index is 0.0237. The highest BCUT2D eigenvalue weighted by Crippen LogP contribution is 2.41. The second kappa shape index (κ2) is 13.9. The second-order valence-electron chi connectivity index (χ2n) is 16.9. The van der Waals surface area contributed by atoms with Crippen molar-refractivity contribution in [1.29, 1.82) is 0 Å². The SMILES string of the molecule is c1ccc(N2c3cc4ccccc4cc3B(c3ccc(B4c5cc6ccccc6cc5N(c5ccccc5)c5cc6ccccc6cc54)cc3)c3cc4ccccc4cc32)cc1. The molecule has 0 amide bonds. The van der Waals surface area contributed by atoms with Crippen LogP contribution in [0.15, 0.2) is 231 Å². The third-order valence-corrected chi connectivity index (χ3v) is 13.4. The van der Waals surface area contributed by atoms with Gasteiger partial charge in [0, 0.05) is 34.1 Å². The van der Waals surface area contributed by atoms with Gasteiger partial charge in [-0.3, -0.25) is 0 Å². The molecule has 0 fully saturated rings. The Morgan fingerprint density at radius 3 is 0.710 bits per heavy atom. The lowest BCUT2D eigenvalue weighted by Crippen LogP contribution is -2.59. The standard InChI is InChI=1S/C58H38B2N2/c1-3-23-49(24-4-1)61-55-35-43-19-11-7-15-39(43)31-51(55)59(52-32-40-16-8-12-20-44(40)36-56(52)61)47-27-29-48(30-28-47)60-53-33-41-17-9-13-21-45(41)37-57(53)62(50-25-5-2-6-26-50)58-38-46-22-14-10-18-42(46)34-54(58)60/h1-38H. The third-order valence-electron chi connectivity index (χ3n) is 13.4. The third kappa shape index (κ3) is 5.47. The quantitative estimate of drug-likeness (QED) is 0.164. The number of hydrogen-bond acceptors (Lipinski definition) is 2. The lowest BCUT2D eigenvalue weighted by atomic mass is 9.33. The molecule has 0 N–H and O–H groups in total. The molecule has 0 unspecified atom stereocenters. The summed E-state index contributed by atoms with van der Waals surface area (Å²) in [5, 5.41) is 9.97. The maximum Gasteiger partial charge on any atom is 0.246 e. The molecule has 62 heavy (non-hydrogen) atoms. The number of hydrogen-bond donors (Lipinski definition) is 0. The number of nitrogens with zero attached hydrogens (tertiary/aromatic N) is 2. The Hall–Kier alpha value is -7.81. The molecule has 2 aliphatic heterocycles. The van der Waals surface area contributed by atoms with E-state index < -0.39 is 0 Å². The molecule has 0 spiro atoms. The smallest absolute Gasteiger partial charge is 0.246 e. The summed E-state index contributed by atoms with van der Waals surface area (Å²) in [5.74, 6) is 0. The Balaban J connectivity index is 1.03. The van der Waals surface area contributed by atoms with Crippen LogP contribution < -0.4 is 42.6 Å². The van der Waals surface area contributed by atoms with Gasteiger partial charge in [0.2, 0.25) is 13.4 Å². The highest BCUT2D eigenvalue weighted by atomic mass is 15.2. The largest absolute Gasteiger partial charge is 0.311 e. The van der Waals surface area contributed by atoms with Gasteiger partial charge in [-0.2, -0.15) is 0 Å². The highest BCUT2D eigenvalue weighted by molar-refractivity contribution is 6.99. The van der Waals surface area contributed by atoms with Crippen molar-refractivity contribution in [1.82, 2.24) is 0 Å². The van der Waals surface area contributed by atoms with Crippen LogP contribution in [-0.4, -0.2) is 13.4 Å². The minimum atomic E-state index is 0.0237. The van der Waals surface area contributed by atoms with Crippen molar-refractivity contribution in [2.75, 3.05) is 9.80 Å². The van der Waals surface area contributed by atoms with E-state index in [9.17, 15) is 0 Å². The first-order chi connectivity index (χ1) is 30.7. The van der Waals surface area contributed by atoms with Gasteiger partial charge in [0.1, 0.15) is 0 Å². The van der Waals surface area contributed by atoms with Crippen LogP contribution in [0.3, 0.4) is 0 Å². The van der Waals surface area contributed by atoms with Gasteiger partial charge in [0.15, 0.2) is 0 Å². The van der Waals surface area contributed by atoms with Crippen LogP contribution in [-0.2, 0) is 0 Å². The zero-order chi connectivity index (χ0) is 40.7. The van der Waals surface area contributed by atoms with E-state index in [0.717, 1.165) is 11.4 Å². The number of rotatable bonds is 4. The Morgan fingerprint density at radius 2 is 0.452 bits per heavy atom. The molecule has 0 bridgehead atoms. The van der Waals surface area contributed by atoms with Crippen molar-refractivity contribution in [3.05, 3.63) is 231 Å². The molecule has 4 heteroatoms. The molecule has 11 aromatic carbocycles.